The third-order valence-corrected chi connectivity index (χ3v) is 3.16. The number of fused-ring (bicyclic) bond motifs is 2. The summed E-state index contributed by atoms with van der Waals surface area (Å²) in [5, 5.41) is 9.03. The molecule has 0 aromatic rings. The standard InChI is InChI=1S/C12H18O3/c1-12(2,3)15-10-7-4-5-8(10)9(6-7)11(13)14/h6-8,10H,4-5H2,1-3H3,(H,13,14). The minimum absolute atomic E-state index is 0.0936. The molecule has 1 fully saturated rings. The molecule has 0 heterocycles. The number of carbonyl (C=O) groups is 1. The average molecular weight is 210 g/mol. The summed E-state index contributed by atoms with van der Waals surface area (Å²) in [7, 11) is 0. The van der Waals surface area contributed by atoms with Gasteiger partial charge in [0.25, 0.3) is 0 Å². The van der Waals surface area contributed by atoms with Crippen molar-refractivity contribution < 1.29 is 14.6 Å². The Labute approximate surface area is 90.1 Å². The molecule has 0 amide bonds. The van der Waals surface area contributed by atoms with Crippen molar-refractivity contribution in [2.24, 2.45) is 11.8 Å². The number of carboxylic acids is 1. The molecule has 0 radical (unpaired) electrons. The molecule has 84 valence electrons. The van der Waals surface area contributed by atoms with E-state index in [0.717, 1.165) is 12.8 Å². The van der Waals surface area contributed by atoms with Crippen LogP contribution in [0.4, 0.5) is 0 Å². The lowest BCUT2D eigenvalue weighted by atomic mass is 9.98. The Balaban J connectivity index is 2.12. The Morgan fingerprint density at radius 3 is 2.60 bits per heavy atom. The van der Waals surface area contributed by atoms with Crippen LogP contribution in [-0.4, -0.2) is 22.8 Å². The fourth-order valence-corrected chi connectivity index (χ4v) is 2.67. The van der Waals surface area contributed by atoms with Crippen LogP contribution >= 0.6 is 0 Å². The van der Waals surface area contributed by atoms with Crippen LogP contribution in [0.1, 0.15) is 33.6 Å². The number of hydrogen-bond donors (Lipinski definition) is 1. The van der Waals surface area contributed by atoms with Crippen LogP contribution in [0.3, 0.4) is 0 Å². The van der Waals surface area contributed by atoms with Crippen molar-refractivity contribution in [2.45, 2.75) is 45.3 Å². The lowest BCUT2D eigenvalue weighted by molar-refractivity contribution is -0.134. The highest BCUT2D eigenvalue weighted by Gasteiger charge is 2.46. The molecule has 3 atom stereocenters. The van der Waals surface area contributed by atoms with Gasteiger partial charge < -0.3 is 9.84 Å². The average Bonchev–Trinajstić information content (AvgIpc) is 2.59. The minimum atomic E-state index is -0.773. The second-order valence-electron chi connectivity index (χ2n) is 5.47. The molecule has 0 spiro atoms. The van der Waals surface area contributed by atoms with Crippen molar-refractivity contribution in [3.63, 3.8) is 0 Å². The van der Waals surface area contributed by atoms with Crippen LogP contribution in [0.25, 0.3) is 0 Å². The fourth-order valence-electron chi connectivity index (χ4n) is 2.67. The van der Waals surface area contributed by atoms with Gasteiger partial charge in [-0.05, 0) is 33.6 Å². The lowest BCUT2D eigenvalue weighted by Crippen LogP contribution is -2.31. The molecule has 0 aromatic heterocycles. The van der Waals surface area contributed by atoms with Gasteiger partial charge in [-0.25, -0.2) is 4.79 Å². The van der Waals surface area contributed by atoms with Gasteiger partial charge in [0, 0.05) is 17.4 Å². The summed E-state index contributed by atoms with van der Waals surface area (Å²) in [5.41, 5.74) is 0.383. The molecular weight excluding hydrogens is 192 g/mol. The highest BCUT2D eigenvalue weighted by atomic mass is 16.5. The molecule has 0 aromatic carbocycles. The predicted molar refractivity (Wildman–Crippen MR) is 56.6 cm³/mol. The summed E-state index contributed by atoms with van der Waals surface area (Å²) in [6.45, 7) is 6.06. The molecule has 0 aliphatic heterocycles. The Hall–Kier alpha value is -0.830. The van der Waals surface area contributed by atoms with E-state index in [1.807, 2.05) is 26.8 Å². The number of aliphatic carboxylic acids is 1. The summed E-state index contributed by atoms with van der Waals surface area (Å²) in [4.78, 5) is 11.0. The van der Waals surface area contributed by atoms with Crippen LogP contribution in [-0.2, 0) is 9.53 Å². The van der Waals surface area contributed by atoms with Gasteiger partial charge in [0.05, 0.1) is 11.7 Å². The molecule has 1 saturated carbocycles. The molecule has 15 heavy (non-hydrogen) atoms. The first kappa shape index (κ1) is 10.7. The van der Waals surface area contributed by atoms with E-state index in [4.69, 9.17) is 9.84 Å². The van der Waals surface area contributed by atoms with Crippen molar-refractivity contribution in [3.8, 4) is 0 Å². The van der Waals surface area contributed by atoms with E-state index in [-0.39, 0.29) is 17.6 Å². The molecule has 2 rings (SSSR count). The van der Waals surface area contributed by atoms with Crippen molar-refractivity contribution in [1.82, 2.24) is 0 Å². The van der Waals surface area contributed by atoms with E-state index in [1.165, 1.54) is 0 Å². The fraction of sp³-hybridized carbons (Fsp3) is 0.750. The van der Waals surface area contributed by atoms with Gasteiger partial charge in [0.15, 0.2) is 0 Å². The highest BCUT2D eigenvalue weighted by molar-refractivity contribution is 5.88. The first-order chi connectivity index (χ1) is 6.88. The first-order valence-electron chi connectivity index (χ1n) is 5.51. The van der Waals surface area contributed by atoms with E-state index < -0.39 is 5.97 Å². The van der Waals surface area contributed by atoms with Gasteiger partial charge in [-0.2, -0.15) is 0 Å². The van der Waals surface area contributed by atoms with E-state index in [2.05, 4.69) is 0 Å². The number of carboxylic acid groups (broad SMARTS) is 1. The maximum absolute atomic E-state index is 11.0. The maximum Gasteiger partial charge on any atom is 0.331 e. The van der Waals surface area contributed by atoms with E-state index >= 15 is 0 Å². The second-order valence-corrected chi connectivity index (χ2v) is 5.47. The zero-order valence-corrected chi connectivity index (χ0v) is 9.49. The SMILES string of the molecule is CC(C)(C)OC1C2C=C(C(=O)O)C1CC2. The first-order valence-corrected chi connectivity index (χ1v) is 5.51. The number of ether oxygens (including phenoxy) is 1. The topological polar surface area (TPSA) is 46.5 Å². The summed E-state index contributed by atoms with van der Waals surface area (Å²) < 4.78 is 5.95. The molecule has 1 N–H and O–H groups in total. The molecule has 3 unspecified atom stereocenters. The normalized spacial score (nSPS) is 34.3. The Bertz CT molecular complexity index is 311. The lowest BCUT2D eigenvalue weighted by Gasteiger charge is -2.28. The molecule has 3 heteroatoms. The smallest absolute Gasteiger partial charge is 0.331 e. The van der Waals surface area contributed by atoms with Crippen LogP contribution < -0.4 is 0 Å². The zero-order valence-electron chi connectivity index (χ0n) is 9.49. The van der Waals surface area contributed by atoms with Crippen molar-refractivity contribution in [1.29, 1.82) is 0 Å². The minimum Gasteiger partial charge on any atom is -0.478 e. The summed E-state index contributed by atoms with van der Waals surface area (Å²) in [5.74, 6) is -0.336. The molecule has 0 saturated heterocycles. The van der Waals surface area contributed by atoms with Crippen LogP contribution in [0.2, 0.25) is 0 Å². The third-order valence-electron chi connectivity index (χ3n) is 3.16. The Kier molecular flexibility index (Phi) is 2.38. The van der Waals surface area contributed by atoms with Crippen molar-refractivity contribution >= 4 is 5.97 Å². The maximum atomic E-state index is 11.0. The molecular formula is C12H18O3. The molecule has 3 nitrogen and oxygen atoms in total. The van der Waals surface area contributed by atoms with Crippen LogP contribution in [0, 0.1) is 11.8 Å². The number of rotatable bonds is 2. The van der Waals surface area contributed by atoms with Gasteiger partial charge in [0.1, 0.15) is 0 Å². The van der Waals surface area contributed by atoms with E-state index in [0.29, 0.717) is 11.5 Å². The van der Waals surface area contributed by atoms with Crippen molar-refractivity contribution in [3.05, 3.63) is 11.6 Å². The van der Waals surface area contributed by atoms with Gasteiger partial charge in [0.2, 0.25) is 0 Å². The predicted octanol–water partition coefficient (Wildman–Crippen LogP) is 2.22. The molecule has 2 aliphatic rings. The van der Waals surface area contributed by atoms with E-state index in [1.54, 1.807) is 0 Å². The van der Waals surface area contributed by atoms with Crippen molar-refractivity contribution in [2.75, 3.05) is 0 Å². The third kappa shape index (κ3) is 1.93. The van der Waals surface area contributed by atoms with Crippen LogP contribution in [0.15, 0.2) is 11.6 Å². The highest BCUT2D eigenvalue weighted by Crippen LogP contribution is 2.46. The molecule has 2 bridgehead atoms. The van der Waals surface area contributed by atoms with Crippen LogP contribution in [0.5, 0.6) is 0 Å². The van der Waals surface area contributed by atoms with E-state index in [9.17, 15) is 4.79 Å². The van der Waals surface area contributed by atoms with Gasteiger partial charge in [-0.3, -0.25) is 0 Å². The van der Waals surface area contributed by atoms with Gasteiger partial charge in [-0.1, -0.05) is 6.08 Å². The quantitative estimate of drug-likeness (QED) is 0.760. The Morgan fingerprint density at radius 2 is 2.13 bits per heavy atom. The Morgan fingerprint density at radius 1 is 1.47 bits per heavy atom. The monoisotopic (exact) mass is 210 g/mol. The summed E-state index contributed by atoms with van der Waals surface area (Å²) in [6, 6.07) is 0. The van der Waals surface area contributed by atoms with Gasteiger partial charge >= 0.3 is 5.97 Å². The largest absolute Gasteiger partial charge is 0.478 e. The zero-order chi connectivity index (χ0) is 11.2. The van der Waals surface area contributed by atoms with Gasteiger partial charge in [-0.15, -0.1) is 0 Å². The summed E-state index contributed by atoms with van der Waals surface area (Å²) in [6.07, 6.45) is 4.02. The molecule has 2 aliphatic carbocycles. The number of hydrogen-bond acceptors (Lipinski definition) is 2. The summed E-state index contributed by atoms with van der Waals surface area (Å²) >= 11 is 0. The second kappa shape index (κ2) is 3.34.